The molecule has 0 aromatic heterocycles. The first-order valence-corrected chi connectivity index (χ1v) is 7.75. The summed E-state index contributed by atoms with van der Waals surface area (Å²) in [5.74, 6) is -0.291. The highest BCUT2D eigenvalue weighted by Crippen LogP contribution is 2.08. The van der Waals surface area contributed by atoms with Crippen molar-refractivity contribution in [1.29, 1.82) is 0 Å². The molecule has 2 rings (SSSR count). The van der Waals surface area contributed by atoms with E-state index in [0.717, 1.165) is 11.1 Å². The summed E-state index contributed by atoms with van der Waals surface area (Å²) in [5, 5.41) is 0. The molecule has 118 valence electrons. The molecule has 3 heteroatoms. The predicted octanol–water partition coefficient (Wildman–Crippen LogP) is 3.95. The standard InChI is InChI=1S/C20H21NO2/c1-2-23-20(22)19(16-18-12-7-4-8-13-18)21-15-9-14-17-10-5-3-6-11-17/h3-15,19H,2,16H2,1H3/b14-9+,21-15?/t19-/m0/s1. The van der Waals surface area contributed by atoms with Crippen molar-refractivity contribution in [2.75, 3.05) is 6.61 Å². The minimum absolute atomic E-state index is 0.291. The van der Waals surface area contributed by atoms with Crippen LogP contribution in [-0.2, 0) is 16.0 Å². The zero-order chi connectivity index (χ0) is 16.3. The third kappa shape index (κ3) is 5.91. The Hall–Kier alpha value is -2.68. The van der Waals surface area contributed by atoms with Crippen LogP contribution >= 0.6 is 0 Å². The Morgan fingerprint density at radius 2 is 1.74 bits per heavy atom. The lowest BCUT2D eigenvalue weighted by Gasteiger charge is -2.11. The summed E-state index contributed by atoms with van der Waals surface area (Å²) in [5.41, 5.74) is 2.16. The van der Waals surface area contributed by atoms with Gasteiger partial charge >= 0.3 is 5.97 Å². The molecule has 23 heavy (non-hydrogen) atoms. The molecule has 3 nitrogen and oxygen atoms in total. The van der Waals surface area contributed by atoms with Crippen LogP contribution in [0.3, 0.4) is 0 Å². The van der Waals surface area contributed by atoms with E-state index in [-0.39, 0.29) is 5.97 Å². The Bertz CT molecular complexity index is 648. The molecule has 0 saturated heterocycles. The maximum Gasteiger partial charge on any atom is 0.331 e. The number of carbonyl (C=O) groups is 1. The van der Waals surface area contributed by atoms with Crippen LogP contribution in [-0.4, -0.2) is 24.8 Å². The zero-order valence-electron chi connectivity index (χ0n) is 13.3. The summed E-state index contributed by atoms with van der Waals surface area (Å²) in [6.45, 7) is 2.16. The van der Waals surface area contributed by atoms with E-state index >= 15 is 0 Å². The quantitative estimate of drug-likeness (QED) is 0.574. The molecule has 0 saturated carbocycles. The number of allylic oxidation sites excluding steroid dienone is 1. The molecule has 2 aromatic rings. The topological polar surface area (TPSA) is 38.7 Å². The number of rotatable bonds is 7. The van der Waals surface area contributed by atoms with Gasteiger partial charge in [0.1, 0.15) is 0 Å². The van der Waals surface area contributed by atoms with E-state index in [0.29, 0.717) is 13.0 Å². The van der Waals surface area contributed by atoms with Gasteiger partial charge in [-0.1, -0.05) is 66.7 Å². The van der Waals surface area contributed by atoms with Crippen molar-refractivity contribution < 1.29 is 9.53 Å². The number of hydrogen-bond donors (Lipinski definition) is 0. The summed E-state index contributed by atoms with van der Waals surface area (Å²) >= 11 is 0. The fraction of sp³-hybridized carbons (Fsp3) is 0.200. The van der Waals surface area contributed by atoms with Crippen molar-refractivity contribution in [1.82, 2.24) is 0 Å². The molecule has 0 bridgehead atoms. The van der Waals surface area contributed by atoms with Crippen LogP contribution in [0.1, 0.15) is 18.1 Å². The number of hydrogen-bond acceptors (Lipinski definition) is 3. The lowest BCUT2D eigenvalue weighted by Crippen LogP contribution is -2.24. The second-order valence-electron chi connectivity index (χ2n) is 5.03. The molecule has 0 N–H and O–H groups in total. The Kier molecular flexibility index (Phi) is 6.79. The van der Waals surface area contributed by atoms with Gasteiger partial charge in [-0.05, 0) is 24.1 Å². The Morgan fingerprint density at radius 1 is 1.09 bits per heavy atom. The van der Waals surface area contributed by atoms with Crippen molar-refractivity contribution in [3.63, 3.8) is 0 Å². The third-order valence-electron chi connectivity index (χ3n) is 3.27. The number of aliphatic imine (C=N–C) groups is 1. The van der Waals surface area contributed by atoms with Gasteiger partial charge in [0.05, 0.1) is 6.61 Å². The van der Waals surface area contributed by atoms with Crippen LogP contribution < -0.4 is 0 Å². The van der Waals surface area contributed by atoms with Gasteiger partial charge in [-0.3, -0.25) is 4.99 Å². The van der Waals surface area contributed by atoms with Crippen LogP contribution in [0.5, 0.6) is 0 Å². The molecule has 0 aliphatic rings. The van der Waals surface area contributed by atoms with Gasteiger partial charge in [0, 0.05) is 12.6 Å². The van der Waals surface area contributed by atoms with Gasteiger partial charge in [-0.25, -0.2) is 4.79 Å². The molecule has 0 unspecified atom stereocenters. The molecular weight excluding hydrogens is 286 g/mol. The highest BCUT2D eigenvalue weighted by molar-refractivity contribution is 5.83. The lowest BCUT2D eigenvalue weighted by atomic mass is 10.1. The molecule has 1 atom stereocenters. The minimum Gasteiger partial charge on any atom is -0.464 e. The number of benzene rings is 2. The summed E-state index contributed by atoms with van der Waals surface area (Å²) in [6, 6.07) is 19.3. The number of ether oxygens (including phenoxy) is 1. The van der Waals surface area contributed by atoms with Crippen LogP contribution in [0.2, 0.25) is 0 Å². The first-order valence-electron chi connectivity index (χ1n) is 7.75. The van der Waals surface area contributed by atoms with E-state index in [1.54, 1.807) is 13.1 Å². The van der Waals surface area contributed by atoms with Gasteiger partial charge in [-0.15, -0.1) is 0 Å². The normalized spacial score (nSPS) is 12.6. The fourth-order valence-corrected chi connectivity index (χ4v) is 2.14. The fourth-order valence-electron chi connectivity index (χ4n) is 2.14. The maximum absolute atomic E-state index is 12.1. The Labute approximate surface area is 137 Å². The van der Waals surface area contributed by atoms with E-state index in [1.807, 2.05) is 72.8 Å². The van der Waals surface area contributed by atoms with Crippen LogP contribution in [0.15, 0.2) is 71.7 Å². The maximum atomic E-state index is 12.1. The first-order chi connectivity index (χ1) is 11.3. The number of carbonyl (C=O) groups excluding carboxylic acids is 1. The summed E-state index contributed by atoms with van der Waals surface area (Å²) < 4.78 is 5.11. The summed E-state index contributed by atoms with van der Waals surface area (Å²) in [4.78, 5) is 16.4. The molecule has 0 amide bonds. The molecule has 0 radical (unpaired) electrons. The summed E-state index contributed by atoms with van der Waals surface area (Å²) in [7, 11) is 0. The van der Waals surface area contributed by atoms with Crippen molar-refractivity contribution in [3.8, 4) is 0 Å². The van der Waals surface area contributed by atoms with Gasteiger partial charge in [0.2, 0.25) is 0 Å². The van der Waals surface area contributed by atoms with Crippen LogP contribution in [0, 0.1) is 0 Å². The van der Waals surface area contributed by atoms with Crippen LogP contribution in [0.25, 0.3) is 6.08 Å². The minimum atomic E-state index is -0.516. The van der Waals surface area contributed by atoms with Gasteiger partial charge in [0.15, 0.2) is 6.04 Å². The van der Waals surface area contributed by atoms with E-state index in [1.165, 1.54) is 0 Å². The second-order valence-corrected chi connectivity index (χ2v) is 5.03. The average molecular weight is 307 g/mol. The van der Waals surface area contributed by atoms with E-state index in [4.69, 9.17) is 4.74 Å². The van der Waals surface area contributed by atoms with Gasteiger partial charge < -0.3 is 4.74 Å². The Morgan fingerprint density at radius 3 is 2.39 bits per heavy atom. The average Bonchev–Trinajstić information content (AvgIpc) is 2.59. The molecule has 0 fully saturated rings. The molecular formula is C20H21NO2. The molecule has 0 spiro atoms. The predicted molar refractivity (Wildman–Crippen MR) is 94.5 cm³/mol. The highest BCUT2D eigenvalue weighted by atomic mass is 16.5. The lowest BCUT2D eigenvalue weighted by molar-refractivity contribution is -0.144. The zero-order valence-corrected chi connectivity index (χ0v) is 13.3. The van der Waals surface area contributed by atoms with Crippen molar-refractivity contribution in [2.45, 2.75) is 19.4 Å². The third-order valence-corrected chi connectivity index (χ3v) is 3.27. The SMILES string of the molecule is CCOC(=O)[C@H](Cc1ccccc1)N=C/C=C/c1ccccc1. The van der Waals surface area contributed by atoms with E-state index < -0.39 is 6.04 Å². The first kappa shape index (κ1) is 16.7. The monoisotopic (exact) mass is 307 g/mol. The number of nitrogens with zero attached hydrogens (tertiary/aromatic N) is 1. The molecule has 0 heterocycles. The van der Waals surface area contributed by atoms with E-state index in [9.17, 15) is 4.79 Å². The number of esters is 1. The van der Waals surface area contributed by atoms with E-state index in [2.05, 4.69) is 4.99 Å². The molecule has 0 aliphatic carbocycles. The molecule has 2 aromatic carbocycles. The smallest absolute Gasteiger partial charge is 0.331 e. The van der Waals surface area contributed by atoms with Crippen LogP contribution in [0.4, 0.5) is 0 Å². The molecule has 0 aliphatic heterocycles. The van der Waals surface area contributed by atoms with Gasteiger partial charge in [-0.2, -0.15) is 0 Å². The largest absolute Gasteiger partial charge is 0.464 e. The highest BCUT2D eigenvalue weighted by Gasteiger charge is 2.18. The summed E-state index contributed by atoms with van der Waals surface area (Å²) in [6.07, 6.45) is 5.99. The van der Waals surface area contributed by atoms with Crippen molar-refractivity contribution >= 4 is 18.3 Å². The second kappa shape index (κ2) is 9.36. The van der Waals surface area contributed by atoms with Crippen molar-refractivity contribution in [2.24, 2.45) is 4.99 Å². The Balaban J connectivity index is 2.03. The van der Waals surface area contributed by atoms with Gasteiger partial charge in [0.25, 0.3) is 0 Å². The van der Waals surface area contributed by atoms with Crippen molar-refractivity contribution in [3.05, 3.63) is 77.9 Å².